The van der Waals surface area contributed by atoms with Gasteiger partial charge in [-0.2, -0.15) is 0 Å². The Morgan fingerprint density at radius 1 is 0.605 bits per heavy atom. The Hall–Kier alpha value is -3.12. The zero-order valence-electron chi connectivity index (χ0n) is 29.5. The summed E-state index contributed by atoms with van der Waals surface area (Å²) in [5, 5.41) is 2.80. The van der Waals surface area contributed by atoms with E-state index in [0.717, 1.165) is 6.42 Å². The normalized spacial score (nSPS) is 15.1. The molecule has 3 aromatic carbocycles. The fraction of sp³-hybridized carbons (Fsp3) is 0.442. The molecule has 0 unspecified atom stereocenters. The predicted molar refractivity (Wildman–Crippen MR) is 191 cm³/mol. The maximum atomic E-state index is 2.49. The van der Waals surface area contributed by atoms with E-state index in [2.05, 4.69) is 158 Å². The lowest BCUT2D eigenvalue weighted by Gasteiger charge is -2.28. The lowest BCUT2D eigenvalue weighted by Crippen LogP contribution is -2.31. The largest absolute Gasteiger partial charge is 0.0795 e. The van der Waals surface area contributed by atoms with Crippen molar-refractivity contribution in [2.75, 3.05) is 0 Å². The lowest BCUT2D eigenvalue weighted by molar-refractivity contribution is 0.568. The topological polar surface area (TPSA) is 0 Å². The Balaban J connectivity index is 1.92. The lowest BCUT2D eigenvalue weighted by atomic mass is 9.76. The number of benzene rings is 3. The van der Waals surface area contributed by atoms with Gasteiger partial charge in [0.2, 0.25) is 0 Å². The van der Waals surface area contributed by atoms with Gasteiger partial charge in [0.05, 0.1) is 0 Å². The van der Waals surface area contributed by atoms with Gasteiger partial charge in [0, 0.05) is 0 Å². The van der Waals surface area contributed by atoms with Gasteiger partial charge in [-0.3, -0.25) is 0 Å². The highest BCUT2D eigenvalue weighted by atomic mass is 14.3. The van der Waals surface area contributed by atoms with Crippen LogP contribution in [-0.2, 0) is 21.7 Å². The number of allylic oxidation sites excluding steroid dienone is 4. The molecular formula is C43H54. The molecule has 0 radical (unpaired) electrons. The highest BCUT2D eigenvalue weighted by Gasteiger charge is 2.30. The van der Waals surface area contributed by atoms with Gasteiger partial charge in [-0.15, -0.1) is 0 Å². The Labute approximate surface area is 262 Å². The molecule has 3 aromatic rings. The Morgan fingerprint density at radius 3 is 1.70 bits per heavy atom. The van der Waals surface area contributed by atoms with Crippen LogP contribution in [0.15, 0.2) is 54.6 Å². The molecule has 0 saturated carbocycles. The van der Waals surface area contributed by atoms with Crippen LogP contribution in [0.3, 0.4) is 0 Å². The number of hydrogen-bond donors (Lipinski definition) is 0. The number of fused-ring (bicyclic) bond motifs is 3. The number of hydrogen-bond acceptors (Lipinski definition) is 0. The first-order chi connectivity index (χ1) is 19.7. The molecule has 0 heterocycles. The summed E-state index contributed by atoms with van der Waals surface area (Å²) in [4.78, 5) is 0. The predicted octanol–water partition coefficient (Wildman–Crippen LogP) is 10.7. The van der Waals surface area contributed by atoms with Crippen molar-refractivity contribution in [1.29, 1.82) is 0 Å². The van der Waals surface area contributed by atoms with Crippen molar-refractivity contribution >= 4 is 22.8 Å². The van der Waals surface area contributed by atoms with Gasteiger partial charge in [0.1, 0.15) is 0 Å². The molecule has 0 nitrogen and oxygen atoms in total. The molecule has 0 heteroatoms. The van der Waals surface area contributed by atoms with Crippen molar-refractivity contribution < 1.29 is 0 Å². The van der Waals surface area contributed by atoms with Crippen molar-refractivity contribution in [2.45, 2.75) is 125 Å². The van der Waals surface area contributed by atoms with Crippen LogP contribution in [0.4, 0.5) is 0 Å². The van der Waals surface area contributed by atoms with E-state index in [4.69, 9.17) is 0 Å². The van der Waals surface area contributed by atoms with E-state index in [1.807, 2.05) is 0 Å². The first kappa shape index (κ1) is 31.3. The second-order valence-electron chi connectivity index (χ2n) is 17.4. The molecule has 0 aromatic heterocycles. The van der Waals surface area contributed by atoms with Crippen LogP contribution in [0.5, 0.6) is 0 Å². The number of rotatable bonds is 2. The molecule has 0 N–H and O–H groups in total. The van der Waals surface area contributed by atoms with Gasteiger partial charge < -0.3 is 0 Å². The van der Waals surface area contributed by atoms with E-state index < -0.39 is 0 Å². The SMILES string of the molecule is CC(C)=c1cc2c(c(C3=C(c4cc(C(C)(C)C)cc(C(C)(C)C)c4)C=CC3)c1C(C)(C)C)=Cc1cc(C(C)(C)C)ccc1-2. The molecule has 43 heavy (non-hydrogen) atoms. The fourth-order valence-electron chi connectivity index (χ4n) is 6.77. The van der Waals surface area contributed by atoms with E-state index in [0.29, 0.717) is 0 Å². The summed E-state index contributed by atoms with van der Waals surface area (Å²) in [6.07, 6.45) is 8.24. The average molecular weight is 571 g/mol. The van der Waals surface area contributed by atoms with Crippen molar-refractivity contribution in [1.82, 2.24) is 0 Å². The van der Waals surface area contributed by atoms with Crippen LogP contribution >= 0.6 is 0 Å². The van der Waals surface area contributed by atoms with Crippen LogP contribution in [0.25, 0.3) is 33.9 Å². The van der Waals surface area contributed by atoms with Crippen LogP contribution in [0.2, 0.25) is 0 Å². The standard InChI is InChI=1S/C43H54/c1-26(2)35-25-36-33-19-18-29(40(3,4)5)20-28(33)23-37(36)38(39(35)43(12,13)14)34-17-15-16-32(34)27-21-30(41(6,7)8)24-31(22-27)42(9,10)11/h15-16,18-25H,17H2,1-14H3. The molecule has 0 aliphatic heterocycles. The minimum Gasteiger partial charge on any atom is -0.0795 e. The summed E-state index contributed by atoms with van der Waals surface area (Å²) in [5.74, 6) is 0. The average Bonchev–Trinajstić information content (AvgIpc) is 3.49. The molecule has 0 fully saturated rings. The Bertz CT molecular complexity index is 1770. The molecule has 0 amide bonds. The van der Waals surface area contributed by atoms with Crippen LogP contribution in [0.1, 0.15) is 142 Å². The molecule has 0 atom stereocenters. The van der Waals surface area contributed by atoms with Gasteiger partial charge in [0.15, 0.2) is 0 Å². The van der Waals surface area contributed by atoms with E-state index in [-0.39, 0.29) is 21.7 Å². The van der Waals surface area contributed by atoms with Crippen LogP contribution < -0.4 is 10.4 Å². The summed E-state index contributed by atoms with van der Waals surface area (Å²) < 4.78 is 0. The Morgan fingerprint density at radius 2 is 1.19 bits per heavy atom. The van der Waals surface area contributed by atoms with Gasteiger partial charge in [-0.25, -0.2) is 0 Å². The zero-order valence-corrected chi connectivity index (χ0v) is 29.5. The molecule has 5 rings (SSSR count). The Kier molecular flexibility index (Phi) is 7.44. The summed E-state index contributed by atoms with van der Waals surface area (Å²) in [6.45, 7) is 32.7. The smallest absolute Gasteiger partial charge is 0.00817 e. The van der Waals surface area contributed by atoms with Gasteiger partial charge in [-0.1, -0.05) is 137 Å². The minimum absolute atomic E-state index is 0.0132. The molecule has 2 aliphatic rings. The monoisotopic (exact) mass is 570 g/mol. The summed E-state index contributed by atoms with van der Waals surface area (Å²) in [6, 6.07) is 17.0. The first-order valence-electron chi connectivity index (χ1n) is 16.3. The van der Waals surface area contributed by atoms with Crippen molar-refractivity contribution in [3.05, 3.63) is 104 Å². The van der Waals surface area contributed by atoms with Gasteiger partial charge in [-0.05, 0) is 126 Å². The summed E-state index contributed by atoms with van der Waals surface area (Å²) >= 11 is 0. The quantitative estimate of drug-likeness (QED) is 0.225. The molecule has 226 valence electrons. The highest BCUT2D eigenvalue weighted by molar-refractivity contribution is 6.02. The van der Waals surface area contributed by atoms with Gasteiger partial charge >= 0.3 is 0 Å². The third-order valence-electron chi connectivity index (χ3n) is 9.37. The minimum atomic E-state index is -0.0132. The highest BCUT2D eigenvalue weighted by Crippen LogP contribution is 2.42. The molecular weight excluding hydrogens is 516 g/mol. The molecule has 0 bridgehead atoms. The zero-order chi connectivity index (χ0) is 31.9. The second kappa shape index (κ2) is 10.2. The maximum Gasteiger partial charge on any atom is -0.00817 e. The summed E-state index contributed by atoms with van der Waals surface area (Å²) in [5.41, 5.74) is 17.1. The molecule has 0 spiro atoms. The van der Waals surface area contributed by atoms with E-state index >= 15 is 0 Å². The molecule has 0 saturated heterocycles. The third kappa shape index (κ3) is 5.75. The van der Waals surface area contributed by atoms with E-state index in [1.54, 1.807) is 0 Å². The summed E-state index contributed by atoms with van der Waals surface area (Å²) in [7, 11) is 0. The van der Waals surface area contributed by atoms with Crippen molar-refractivity contribution in [3.63, 3.8) is 0 Å². The fourth-order valence-corrected chi connectivity index (χ4v) is 6.77. The van der Waals surface area contributed by atoms with Crippen LogP contribution in [-0.4, -0.2) is 0 Å². The second-order valence-corrected chi connectivity index (χ2v) is 17.4. The third-order valence-corrected chi connectivity index (χ3v) is 9.37. The van der Waals surface area contributed by atoms with Crippen LogP contribution in [0, 0.1) is 0 Å². The van der Waals surface area contributed by atoms with E-state index in [9.17, 15) is 0 Å². The first-order valence-corrected chi connectivity index (χ1v) is 16.3. The van der Waals surface area contributed by atoms with E-state index in [1.165, 1.54) is 77.2 Å². The maximum absolute atomic E-state index is 2.49. The van der Waals surface area contributed by atoms with Crippen molar-refractivity contribution in [2.24, 2.45) is 0 Å². The van der Waals surface area contributed by atoms with Crippen molar-refractivity contribution in [3.8, 4) is 11.1 Å². The molecule has 2 aliphatic carbocycles. The van der Waals surface area contributed by atoms with Gasteiger partial charge in [0.25, 0.3) is 0 Å².